The molecule has 2 N–H and O–H groups in total. The standard InChI is InChI=1S/C27H22N4P2/c28-25-29-26(32(21-13-5-1-6-14-21)22-15-7-2-8-16-22)31-27(30-25)33(23-17-9-3-10-18-23)24-19-11-4-12-20-24/h1-20H,(H2,28,29,30,31). The molecule has 33 heavy (non-hydrogen) atoms. The van der Waals surface area contributed by atoms with Gasteiger partial charge in [-0.2, -0.15) is 9.97 Å². The molecule has 0 aliphatic carbocycles. The highest BCUT2D eigenvalue weighted by Crippen LogP contribution is 2.34. The molecular weight excluding hydrogens is 442 g/mol. The zero-order chi connectivity index (χ0) is 22.5. The van der Waals surface area contributed by atoms with E-state index in [0.717, 1.165) is 11.1 Å². The van der Waals surface area contributed by atoms with Gasteiger partial charge in [-0.05, 0) is 21.2 Å². The minimum atomic E-state index is -0.973. The number of nitrogen functional groups attached to an aromatic ring is 1. The van der Waals surface area contributed by atoms with Gasteiger partial charge in [0.25, 0.3) is 0 Å². The first-order chi connectivity index (χ1) is 16.3. The Morgan fingerprint density at radius 1 is 0.394 bits per heavy atom. The summed E-state index contributed by atoms with van der Waals surface area (Å²) in [7, 11) is -1.95. The number of nitrogens with two attached hydrogens (primary N) is 1. The molecule has 0 aliphatic rings. The van der Waals surface area contributed by atoms with Crippen LogP contribution < -0.4 is 38.1 Å². The lowest BCUT2D eigenvalue weighted by atomic mass is 10.4. The lowest BCUT2D eigenvalue weighted by Gasteiger charge is -2.21. The van der Waals surface area contributed by atoms with Crippen molar-refractivity contribution in [1.29, 1.82) is 0 Å². The van der Waals surface area contributed by atoms with Crippen molar-refractivity contribution in [1.82, 2.24) is 15.0 Å². The van der Waals surface area contributed by atoms with E-state index in [4.69, 9.17) is 10.7 Å². The van der Waals surface area contributed by atoms with Crippen molar-refractivity contribution in [2.24, 2.45) is 0 Å². The van der Waals surface area contributed by atoms with Crippen molar-refractivity contribution in [3.8, 4) is 0 Å². The molecule has 5 rings (SSSR count). The van der Waals surface area contributed by atoms with Gasteiger partial charge in [0.15, 0.2) is 11.1 Å². The van der Waals surface area contributed by atoms with Crippen LogP contribution in [0.1, 0.15) is 0 Å². The first kappa shape index (κ1) is 21.4. The molecule has 0 atom stereocenters. The lowest BCUT2D eigenvalue weighted by molar-refractivity contribution is 1.15. The summed E-state index contributed by atoms with van der Waals surface area (Å²) < 4.78 is 0. The highest BCUT2D eigenvalue weighted by atomic mass is 31.1. The van der Waals surface area contributed by atoms with Gasteiger partial charge < -0.3 is 5.73 Å². The molecule has 0 unspecified atom stereocenters. The van der Waals surface area contributed by atoms with Gasteiger partial charge in [-0.25, -0.2) is 4.98 Å². The minimum Gasteiger partial charge on any atom is -0.368 e. The Morgan fingerprint density at radius 2 is 0.667 bits per heavy atom. The fourth-order valence-electron chi connectivity index (χ4n) is 3.64. The molecule has 0 aliphatic heterocycles. The molecule has 0 bridgehead atoms. The largest absolute Gasteiger partial charge is 0.368 e. The fraction of sp³-hybridized carbons (Fsp3) is 0. The van der Waals surface area contributed by atoms with E-state index in [9.17, 15) is 0 Å². The number of rotatable bonds is 6. The van der Waals surface area contributed by atoms with Gasteiger partial charge in [-0.3, -0.25) is 0 Å². The second kappa shape index (κ2) is 10.0. The summed E-state index contributed by atoms with van der Waals surface area (Å²) in [4.78, 5) is 14.4. The summed E-state index contributed by atoms with van der Waals surface area (Å²) in [5.74, 6) is 0.258. The zero-order valence-electron chi connectivity index (χ0n) is 17.9. The van der Waals surface area contributed by atoms with Crippen molar-refractivity contribution < 1.29 is 0 Å². The van der Waals surface area contributed by atoms with E-state index in [1.165, 1.54) is 21.2 Å². The average Bonchev–Trinajstić information content (AvgIpc) is 2.87. The van der Waals surface area contributed by atoms with Crippen LogP contribution in [0.2, 0.25) is 0 Å². The van der Waals surface area contributed by atoms with Gasteiger partial charge in [-0.1, -0.05) is 121 Å². The minimum absolute atomic E-state index is 0.258. The van der Waals surface area contributed by atoms with Crippen LogP contribution in [-0.4, -0.2) is 15.0 Å². The van der Waals surface area contributed by atoms with E-state index in [1.54, 1.807) is 0 Å². The molecule has 0 radical (unpaired) electrons. The average molecular weight is 464 g/mol. The molecule has 0 amide bonds. The molecule has 0 spiro atoms. The van der Waals surface area contributed by atoms with Crippen molar-refractivity contribution >= 4 is 54.1 Å². The third kappa shape index (κ3) is 4.83. The van der Waals surface area contributed by atoms with Crippen molar-refractivity contribution in [2.45, 2.75) is 0 Å². The van der Waals surface area contributed by atoms with Gasteiger partial charge in [-0.15, -0.1) is 0 Å². The summed E-state index contributed by atoms with van der Waals surface area (Å²) in [5, 5.41) is 4.72. The predicted octanol–water partition coefficient (Wildman–Crippen LogP) is 2.97. The Labute approximate surface area is 196 Å². The van der Waals surface area contributed by atoms with Crippen LogP contribution in [0.25, 0.3) is 0 Å². The maximum absolute atomic E-state index is 6.31. The van der Waals surface area contributed by atoms with Crippen molar-refractivity contribution in [3.05, 3.63) is 121 Å². The van der Waals surface area contributed by atoms with Gasteiger partial charge in [0.05, 0.1) is 0 Å². The van der Waals surface area contributed by atoms with E-state index in [-0.39, 0.29) is 5.95 Å². The van der Waals surface area contributed by atoms with Crippen LogP contribution in [0.15, 0.2) is 121 Å². The van der Waals surface area contributed by atoms with Crippen molar-refractivity contribution in [2.75, 3.05) is 5.73 Å². The quantitative estimate of drug-likeness (QED) is 0.393. The maximum atomic E-state index is 6.31. The van der Waals surface area contributed by atoms with E-state index in [0.29, 0.717) is 0 Å². The molecule has 0 saturated heterocycles. The molecular formula is C27H22N4P2. The summed E-state index contributed by atoms with van der Waals surface area (Å²) in [6, 6.07) is 41.6. The van der Waals surface area contributed by atoms with Crippen LogP contribution in [0.4, 0.5) is 5.95 Å². The number of anilines is 1. The van der Waals surface area contributed by atoms with Crippen molar-refractivity contribution in [3.63, 3.8) is 0 Å². The predicted molar refractivity (Wildman–Crippen MR) is 142 cm³/mol. The maximum Gasteiger partial charge on any atom is 0.224 e. The SMILES string of the molecule is Nc1nc(P(c2ccccc2)c2ccccc2)nc(P(c2ccccc2)c2ccccc2)n1. The highest BCUT2D eigenvalue weighted by Gasteiger charge is 2.25. The molecule has 4 aromatic carbocycles. The molecule has 4 nitrogen and oxygen atoms in total. The van der Waals surface area contributed by atoms with Crippen LogP contribution >= 0.6 is 15.8 Å². The third-order valence-electron chi connectivity index (χ3n) is 5.09. The highest BCUT2D eigenvalue weighted by molar-refractivity contribution is 7.80. The number of nitrogens with zero attached hydrogens (tertiary/aromatic N) is 3. The Morgan fingerprint density at radius 3 is 0.939 bits per heavy atom. The Bertz CT molecular complexity index is 1140. The van der Waals surface area contributed by atoms with Crippen LogP contribution in [0.5, 0.6) is 0 Å². The van der Waals surface area contributed by atoms with E-state index >= 15 is 0 Å². The van der Waals surface area contributed by atoms with Crippen LogP contribution in [0.3, 0.4) is 0 Å². The zero-order valence-corrected chi connectivity index (χ0v) is 19.6. The molecule has 0 saturated carbocycles. The second-order valence-corrected chi connectivity index (χ2v) is 11.5. The molecule has 6 heteroatoms. The normalized spacial score (nSPS) is 11.1. The monoisotopic (exact) mass is 464 g/mol. The first-order valence-electron chi connectivity index (χ1n) is 10.6. The molecule has 1 aromatic heterocycles. The van der Waals surface area contributed by atoms with Crippen LogP contribution in [-0.2, 0) is 0 Å². The summed E-state index contributed by atoms with van der Waals surface area (Å²) in [6.07, 6.45) is 0. The Kier molecular flexibility index (Phi) is 6.48. The number of aromatic nitrogens is 3. The van der Waals surface area contributed by atoms with Gasteiger partial charge in [0.2, 0.25) is 5.95 Å². The third-order valence-corrected chi connectivity index (χ3v) is 9.54. The Hall–Kier alpha value is -3.45. The fourth-order valence-corrected chi connectivity index (χ4v) is 7.91. The van der Waals surface area contributed by atoms with Gasteiger partial charge >= 0.3 is 0 Å². The lowest BCUT2D eigenvalue weighted by Crippen LogP contribution is -2.34. The molecule has 5 aromatic rings. The summed E-state index contributed by atoms with van der Waals surface area (Å²) in [5.41, 5.74) is 7.76. The second-order valence-electron chi connectivity index (χ2n) is 7.31. The molecule has 1 heterocycles. The smallest absolute Gasteiger partial charge is 0.224 e. The van der Waals surface area contributed by atoms with E-state index < -0.39 is 15.8 Å². The van der Waals surface area contributed by atoms with Gasteiger partial charge in [0.1, 0.15) is 0 Å². The molecule has 0 fully saturated rings. The topological polar surface area (TPSA) is 64.7 Å². The number of hydrogen-bond acceptors (Lipinski definition) is 4. The number of benzene rings is 4. The molecule has 160 valence electrons. The van der Waals surface area contributed by atoms with E-state index in [1.807, 2.05) is 24.3 Å². The number of hydrogen-bond donors (Lipinski definition) is 1. The summed E-state index contributed by atoms with van der Waals surface area (Å²) >= 11 is 0. The van der Waals surface area contributed by atoms with Gasteiger partial charge in [0, 0.05) is 15.8 Å². The van der Waals surface area contributed by atoms with Crippen LogP contribution in [0, 0.1) is 0 Å². The van der Waals surface area contributed by atoms with E-state index in [2.05, 4.69) is 107 Å². The Balaban J connectivity index is 1.69. The summed E-state index contributed by atoms with van der Waals surface area (Å²) in [6.45, 7) is 0. The first-order valence-corrected chi connectivity index (χ1v) is 13.3.